The lowest BCUT2D eigenvalue weighted by Gasteiger charge is -2.07. The van der Waals surface area contributed by atoms with E-state index < -0.39 is 5.82 Å². The van der Waals surface area contributed by atoms with Crippen LogP contribution in [0.1, 0.15) is 11.4 Å². The van der Waals surface area contributed by atoms with Crippen molar-refractivity contribution in [2.45, 2.75) is 6.61 Å². The first-order valence-electron chi connectivity index (χ1n) is 5.90. The average molecular weight is 320 g/mol. The van der Waals surface area contributed by atoms with Crippen LogP contribution in [0.3, 0.4) is 0 Å². The van der Waals surface area contributed by atoms with Crippen molar-refractivity contribution in [3.63, 3.8) is 0 Å². The first-order chi connectivity index (χ1) is 10.2. The minimum absolute atomic E-state index is 0.00565. The molecular formula is C14H7ClFN3OS. The fourth-order valence-electron chi connectivity index (χ4n) is 1.80. The predicted molar refractivity (Wildman–Crippen MR) is 77.9 cm³/mol. The third-order valence-corrected chi connectivity index (χ3v) is 3.86. The molecule has 0 aliphatic rings. The van der Waals surface area contributed by atoms with Gasteiger partial charge in [0.05, 0.1) is 0 Å². The molecule has 21 heavy (non-hydrogen) atoms. The van der Waals surface area contributed by atoms with Crippen LogP contribution >= 0.6 is 22.9 Å². The standard InChI is InChI=1S/C14H7ClFN3OS/c15-13-8-4-5-21-14(8)19-12(18-13)7-20-11-3-1-2-10(16)9(11)6-17/h1-5H,7H2. The van der Waals surface area contributed by atoms with Crippen LogP contribution in [0, 0.1) is 17.1 Å². The van der Waals surface area contributed by atoms with Crippen molar-refractivity contribution in [3.05, 3.63) is 52.0 Å². The lowest BCUT2D eigenvalue weighted by Crippen LogP contribution is -2.03. The van der Waals surface area contributed by atoms with E-state index in [1.807, 2.05) is 11.4 Å². The second-order valence-electron chi connectivity index (χ2n) is 4.08. The fraction of sp³-hybridized carbons (Fsp3) is 0.0714. The van der Waals surface area contributed by atoms with E-state index in [0.29, 0.717) is 11.0 Å². The van der Waals surface area contributed by atoms with Crippen LogP contribution in [0.15, 0.2) is 29.6 Å². The predicted octanol–water partition coefficient (Wildman–Crippen LogP) is 3.93. The molecule has 4 nitrogen and oxygen atoms in total. The maximum atomic E-state index is 13.5. The van der Waals surface area contributed by atoms with Gasteiger partial charge < -0.3 is 4.74 Å². The van der Waals surface area contributed by atoms with Crippen molar-refractivity contribution >= 4 is 33.2 Å². The van der Waals surface area contributed by atoms with Gasteiger partial charge in [-0.25, -0.2) is 14.4 Å². The molecule has 0 aliphatic carbocycles. The monoisotopic (exact) mass is 319 g/mol. The van der Waals surface area contributed by atoms with Gasteiger partial charge in [-0.3, -0.25) is 0 Å². The Kier molecular flexibility index (Phi) is 3.69. The summed E-state index contributed by atoms with van der Waals surface area (Å²) in [5, 5.41) is 11.9. The number of ether oxygens (including phenoxy) is 1. The molecule has 0 spiro atoms. The van der Waals surface area contributed by atoms with E-state index in [9.17, 15) is 4.39 Å². The number of thiophene rings is 1. The van der Waals surface area contributed by atoms with Crippen molar-refractivity contribution in [1.29, 1.82) is 5.26 Å². The number of rotatable bonds is 3. The van der Waals surface area contributed by atoms with Gasteiger partial charge >= 0.3 is 0 Å². The Morgan fingerprint density at radius 2 is 2.19 bits per heavy atom. The lowest BCUT2D eigenvalue weighted by molar-refractivity contribution is 0.294. The summed E-state index contributed by atoms with van der Waals surface area (Å²) < 4.78 is 18.9. The second kappa shape index (κ2) is 5.64. The zero-order valence-corrected chi connectivity index (χ0v) is 12.1. The number of hydrogen-bond acceptors (Lipinski definition) is 5. The molecule has 0 bridgehead atoms. The average Bonchev–Trinajstić information content (AvgIpc) is 2.94. The molecule has 0 atom stereocenters. The van der Waals surface area contributed by atoms with Crippen molar-refractivity contribution in [2.24, 2.45) is 0 Å². The van der Waals surface area contributed by atoms with Gasteiger partial charge in [0.2, 0.25) is 0 Å². The third kappa shape index (κ3) is 2.66. The first-order valence-corrected chi connectivity index (χ1v) is 7.16. The first kappa shape index (κ1) is 13.7. The van der Waals surface area contributed by atoms with E-state index in [-0.39, 0.29) is 17.9 Å². The zero-order valence-electron chi connectivity index (χ0n) is 10.5. The van der Waals surface area contributed by atoms with Gasteiger partial charge in [0.25, 0.3) is 0 Å². The molecule has 1 aromatic carbocycles. The smallest absolute Gasteiger partial charge is 0.169 e. The van der Waals surface area contributed by atoms with Crippen LogP contribution in [-0.2, 0) is 6.61 Å². The topological polar surface area (TPSA) is 58.8 Å². The molecule has 0 unspecified atom stereocenters. The van der Waals surface area contributed by atoms with E-state index in [2.05, 4.69) is 9.97 Å². The van der Waals surface area contributed by atoms with Gasteiger partial charge in [-0.15, -0.1) is 11.3 Å². The maximum absolute atomic E-state index is 13.5. The van der Waals surface area contributed by atoms with Crippen molar-refractivity contribution in [1.82, 2.24) is 9.97 Å². The van der Waals surface area contributed by atoms with Crippen LogP contribution in [0.2, 0.25) is 5.15 Å². The number of hydrogen-bond donors (Lipinski definition) is 0. The number of benzene rings is 1. The normalized spacial score (nSPS) is 10.5. The van der Waals surface area contributed by atoms with Gasteiger partial charge in [0.1, 0.15) is 39.8 Å². The molecule has 0 radical (unpaired) electrons. The van der Waals surface area contributed by atoms with Crippen molar-refractivity contribution < 1.29 is 9.13 Å². The van der Waals surface area contributed by atoms with Gasteiger partial charge in [0.15, 0.2) is 5.82 Å². The Bertz CT molecular complexity index is 859. The van der Waals surface area contributed by atoms with Crippen LogP contribution in [0.25, 0.3) is 10.2 Å². The molecule has 0 amide bonds. The molecule has 0 N–H and O–H groups in total. The summed E-state index contributed by atoms with van der Waals surface area (Å²) in [7, 11) is 0. The third-order valence-electron chi connectivity index (χ3n) is 2.77. The summed E-state index contributed by atoms with van der Waals surface area (Å²) in [6.07, 6.45) is 0. The van der Waals surface area contributed by atoms with Gasteiger partial charge in [-0.1, -0.05) is 17.7 Å². The molecule has 104 valence electrons. The number of nitriles is 1. The highest BCUT2D eigenvalue weighted by atomic mass is 35.5. The molecule has 2 aromatic heterocycles. The summed E-state index contributed by atoms with van der Waals surface area (Å²) in [5.74, 6) is -0.0886. The maximum Gasteiger partial charge on any atom is 0.169 e. The fourth-order valence-corrected chi connectivity index (χ4v) is 2.89. The minimum atomic E-state index is -0.623. The van der Waals surface area contributed by atoms with Gasteiger partial charge in [0, 0.05) is 5.39 Å². The summed E-state index contributed by atoms with van der Waals surface area (Å²) in [4.78, 5) is 9.19. The Labute approximate surface area is 128 Å². The molecule has 0 aliphatic heterocycles. The van der Waals surface area contributed by atoms with Crippen LogP contribution < -0.4 is 4.74 Å². The minimum Gasteiger partial charge on any atom is -0.484 e. The quantitative estimate of drug-likeness (QED) is 0.686. The largest absolute Gasteiger partial charge is 0.484 e. The van der Waals surface area contributed by atoms with E-state index in [1.54, 1.807) is 6.07 Å². The Morgan fingerprint density at radius 1 is 1.33 bits per heavy atom. The Morgan fingerprint density at radius 3 is 3.00 bits per heavy atom. The SMILES string of the molecule is N#Cc1c(F)cccc1OCc1nc(Cl)c2ccsc2n1. The van der Waals surface area contributed by atoms with E-state index in [0.717, 1.165) is 10.2 Å². The van der Waals surface area contributed by atoms with Gasteiger partial charge in [-0.05, 0) is 23.6 Å². The van der Waals surface area contributed by atoms with Crippen molar-refractivity contribution in [3.8, 4) is 11.8 Å². The molecule has 0 saturated carbocycles. The molecule has 0 fully saturated rings. The zero-order chi connectivity index (χ0) is 14.8. The molecular weight excluding hydrogens is 313 g/mol. The molecule has 7 heteroatoms. The van der Waals surface area contributed by atoms with E-state index in [1.165, 1.54) is 29.5 Å². The molecule has 3 aromatic rings. The Balaban J connectivity index is 1.87. The van der Waals surface area contributed by atoms with Gasteiger partial charge in [-0.2, -0.15) is 5.26 Å². The van der Waals surface area contributed by atoms with Crippen LogP contribution in [-0.4, -0.2) is 9.97 Å². The number of aromatic nitrogens is 2. The summed E-state index contributed by atoms with van der Waals surface area (Å²) in [5.41, 5.74) is -0.138. The molecule has 2 heterocycles. The lowest BCUT2D eigenvalue weighted by atomic mass is 10.2. The highest BCUT2D eigenvalue weighted by Crippen LogP contribution is 2.26. The van der Waals surface area contributed by atoms with E-state index in [4.69, 9.17) is 21.6 Å². The highest BCUT2D eigenvalue weighted by molar-refractivity contribution is 7.16. The Hall–Kier alpha value is -2.23. The highest BCUT2D eigenvalue weighted by Gasteiger charge is 2.11. The summed E-state index contributed by atoms with van der Waals surface area (Å²) >= 11 is 7.50. The van der Waals surface area contributed by atoms with Crippen LogP contribution in [0.4, 0.5) is 4.39 Å². The number of halogens is 2. The van der Waals surface area contributed by atoms with E-state index >= 15 is 0 Å². The number of nitrogens with zero attached hydrogens (tertiary/aromatic N) is 3. The second-order valence-corrected chi connectivity index (χ2v) is 5.34. The molecule has 3 rings (SSSR count). The van der Waals surface area contributed by atoms with Crippen LogP contribution in [0.5, 0.6) is 5.75 Å². The number of fused-ring (bicyclic) bond motifs is 1. The molecule has 0 saturated heterocycles. The summed E-state index contributed by atoms with van der Waals surface area (Å²) in [6, 6.07) is 7.81. The van der Waals surface area contributed by atoms with Crippen molar-refractivity contribution in [2.75, 3.05) is 0 Å². The summed E-state index contributed by atoms with van der Waals surface area (Å²) in [6.45, 7) is 0.00565.